The van der Waals surface area contributed by atoms with E-state index in [1.165, 1.54) is 11.9 Å². The number of rotatable bonds is 2. The van der Waals surface area contributed by atoms with Gasteiger partial charge in [-0.25, -0.2) is 4.79 Å². The van der Waals surface area contributed by atoms with Crippen LogP contribution in [0.15, 0.2) is 0 Å². The first-order valence-corrected chi connectivity index (χ1v) is 2.76. The zero-order valence-electron chi connectivity index (χ0n) is 5.20. The second-order valence-corrected chi connectivity index (χ2v) is 2.12. The molecule has 0 aromatic rings. The molecule has 1 atom stereocenters. The van der Waals surface area contributed by atoms with Gasteiger partial charge < -0.3 is 14.7 Å². The lowest BCUT2D eigenvalue weighted by molar-refractivity contribution is 0.152. The highest BCUT2D eigenvalue weighted by Crippen LogP contribution is 2.09. The third-order valence-electron chi connectivity index (χ3n) is 1.21. The molecule has 9 heavy (non-hydrogen) atoms. The smallest absolute Gasteiger partial charge is 0.407 e. The van der Waals surface area contributed by atoms with Crippen LogP contribution in [0.5, 0.6) is 0 Å². The van der Waals surface area contributed by atoms with Gasteiger partial charge in [0.05, 0.1) is 19.3 Å². The first kappa shape index (κ1) is 6.35. The predicted octanol–water partition coefficient (Wildman–Crippen LogP) is -0.00500. The molecule has 1 saturated heterocycles. The van der Waals surface area contributed by atoms with Crippen LogP contribution in [0, 0.1) is 0 Å². The fraction of sp³-hybridized carbons (Fsp3) is 0.800. The van der Waals surface area contributed by atoms with Crippen molar-refractivity contribution < 1.29 is 14.6 Å². The zero-order chi connectivity index (χ0) is 6.85. The first-order valence-electron chi connectivity index (χ1n) is 2.76. The molecule has 0 radical (unpaired) electrons. The Morgan fingerprint density at radius 1 is 2.00 bits per heavy atom. The molecule has 0 saturated carbocycles. The maximum Gasteiger partial charge on any atom is 0.407 e. The molecule has 0 bridgehead atoms. The molecule has 0 aromatic heterocycles. The van der Waals surface area contributed by atoms with Gasteiger partial charge in [0.15, 0.2) is 0 Å². The summed E-state index contributed by atoms with van der Waals surface area (Å²) in [6, 6.07) is 0. The summed E-state index contributed by atoms with van der Waals surface area (Å²) in [6.45, 7) is 1.20. The summed E-state index contributed by atoms with van der Waals surface area (Å²) in [4.78, 5) is 11.4. The van der Waals surface area contributed by atoms with Crippen LogP contribution in [0.2, 0.25) is 0 Å². The van der Waals surface area contributed by atoms with Crippen molar-refractivity contribution in [1.82, 2.24) is 4.90 Å². The SMILES string of the molecule is CN(CC1CO1)C(=O)O. The Balaban J connectivity index is 2.16. The van der Waals surface area contributed by atoms with Gasteiger partial charge in [0.25, 0.3) is 0 Å². The number of nitrogens with zero attached hydrogens (tertiary/aromatic N) is 1. The Morgan fingerprint density at radius 3 is 2.89 bits per heavy atom. The average Bonchev–Trinajstić information content (AvgIpc) is 2.50. The van der Waals surface area contributed by atoms with Gasteiger partial charge in [0.1, 0.15) is 0 Å². The van der Waals surface area contributed by atoms with Crippen molar-refractivity contribution >= 4 is 6.09 Å². The van der Waals surface area contributed by atoms with Gasteiger partial charge >= 0.3 is 6.09 Å². The number of ether oxygens (including phenoxy) is 1. The number of carbonyl (C=O) groups is 1. The minimum Gasteiger partial charge on any atom is -0.465 e. The number of amides is 1. The fourth-order valence-corrected chi connectivity index (χ4v) is 0.557. The van der Waals surface area contributed by atoms with E-state index in [2.05, 4.69) is 0 Å². The molecule has 1 aliphatic rings. The molecule has 0 spiro atoms. The van der Waals surface area contributed by atoms with Crippen molar-refractivity contribution in [2.45, 2.75) is 6.10 Å². The summed E-state index contributed by atoms with van der Waals surface area (Å²) < 4.78 is 4.82. The van der Waals surface area contributed by atoms with Gasteiger partial charge in [0, 0.05) is 7.05 Å². The van der Waals surface area contributed by atoms with Crippen LogP contribution >= 0.6 is 0 Å². The third-order valence-corrected chi connectivity index (χ3v) is 1.21. The van der Waals surface area contributed by atoms with Gasteiger partial charge in [-0.05, 0) is 0 Å². The van der Waals surface area contributed by atoms with Gasteiger partial charge in [-0.2, -0.15) is 0 Å². The average molecular weight is 131 g/mol. The van der Waals surface area contributed by atoms with Gasteiger partial charge in [0.2, 0.25) is 0 Å². The van der Waals surface area contributed by atoms with Crippen molar-refractivity contribution in [3.8, 4) is 0 Å². The number of epoxide rings is 1. The second kappa shape index (κ2) is 2.23. The summed E-state index contributed by atoms with van der Waals surface area (Å²) in [5, 5.41) is 8.33. The lowest BCUT2D eigenvalue weighted by atomic mass is 10.4. The van der Waals surface area contributed by atoms with Crippen molar-refractivity contribution in [3.63, 3.8) is 0 Å². The monoisotopic (exact) mass is 131 g/mol. The molecule has 1 heterocycles. The molecule has 1 rings (SSSR count). The largest absolute Gasteiger partial charge is 0.465 e. The van der Waals surface area contributed by atoms with E-state index in [0.717, 1.165) is 0 Å². The molecule has 52 valence electrons. The van der Waals surface area contributed by atoms with Crippen LogP contribution in [-0.2, 0) is 4.74 Å². The molecular formula is C5H9NO3. The maximum absolute atomic E-state index is 10.1. The molecule has 1 aliphatic heterocycles. The van der Waals surface area contributed by atoms with Crippen molar-refractivity contribution in [2.75, 3.05) is 20.2 Å². The summed E-state index contributed by atoms with van der Waals surface area (Å²) >= 11 is 0. The number of hydrogen-bond acceptors (Lipinski definition) is 2. The minimum atomic E-state index is -0.898. The number of likely N-dealkylation sites (N-methyl/N-ethyl adjacent to an activating group) is 1. The van der Waals surface area contributed by atoms with Crippen molar-refractivity contribution in [2.24, 2.45) is 0 Å². The molecule has 0 aliphatic carbocycles. The Kier molecular flexibility index (Phi) is 1.57. The van der Waals surface area contributed by atoms with E-state index >= 15 is 0 Å². The van der Waals surface area contributed by atoms with Crippen molar-refractivity contribution in [1.29, 1.82) is 0 Å². The molecule has 1 N–H and O–H groups in total. The minimum absolute atomic E-state index is 0.158. The topological polar surface area (TPSA) is 53.1 Å². The second-order valence-electron chi connectivity index (χ2n) is 2.12. The molecule has 4 heteroatoms. The molecule has 1 fully saturated rings. The van der Waals surface area contributed by atoms with E-state index in [9.17, 15) is 4.79 Å². The van der Waals surface area contributed by atoms with E-state index in [-0.39, 0.29) is 6.10 Å². The molecule has 0 aromatic carbocycles. The van der Waals surface area contributed by atoms with Crippen molar-refractivity contribution in [3.05, 3.63) is 0 Å². The maximum atomic E-state index is 10.1. The lowest BCUT2D eigenvalue weighted by Crippen LogP contribution is -2.28. The summed E-state index contributed by atoms with van der Waals surface area (Å²) in [7, 11) is 1.53. The van der Waals surface area contributed by atoms with Gasteiger partial charge in [-0.15, -0.1) is 0 Å². The standard InChI is InChI=1S/C5H9NO3/c1-6(5(7)8)2-4-3-9-4/h4H,2-3H2,1H3,(H,7,8). The van der Waals surface area contributed by atoms with E-state index < -0.39 is 6.09 Å². The normalized spacial score (nSPS) is 23.4. The van der Waals surface area contributed by atoms with Crippen LogP contribution in [-0.4, -0.2) is 42.4 Å². The van der Waals surface area contributed by atoms with Crippen LogP contribution in [0.4, 0.5) is 4.79 Å². The third kappa shape index (κ3) is 1.89. The van der Waals surface area contributed by atoms with E-state index in [1.54, 1.807) is 0 Å². The van der Waals surface area contributed by atoms with E-state index in [1.807, 2.05) is 0 Å². The Bertz CT molecular complexity index is 121. The van der Waals surface area contributed by atoms with Crippen LogP contribution < -0.4 is 0 Å². The Morgan fingerprint density at radius 2 is 2.56 bits per heavy atom. The quantitative estimate of drug-likeness (QED) is 0.536. The number of carboxylic acid groups (broad SMARTS) is 1. The molecular weight excluding hydrogens is 122 g/mol. The first-order chi connectivity index (χ1) is 4.20. The highest BCUT2D eigenvalue weighted by atomic mass is 16.6. The van der Waals surface area contributed by atoms with Crippen LogP contribution in [0.3, 0.4) is 0 Å². The van der Waals surface area contributed by atoms with E-state index in [0.29, 0.717) is 13.2 Å². The molecule has 1 unspecified atom stereocenters. The van der Waals surface area contributed by atoms with Crippen LogP contribution in [0.1, 0.15) is 0 Å². The van der Waals surface area contributed by atoms with Gasteiger partial charge in [-0.1, -0.05) is 0 Å². The fourth-order valence-electron chi connectivity index (χ4n) is 0.557. The summed E-state index contributed by atoms with van der Waals surface area (Å²) in [5.41, 5.74) is 0. The lowest BCUT2D eigenvalue weighted by Gasteiger charge is -2.09. The Hall–Kier alpha value is -0.770. The highest BCUT2D eigenvalue weighted by molar-refractivity contribution is 5.64. The van der Waals surface area contributed by atoms with Crippen LogP contribution in [0.25, 0.3) is 0 Å². The summed E-state index contributed by atoms with van der Waals surface area (Å²) in [5.74, 6) is 0. The zero-order valence-corrected chi connectivity index (χ0v) is 5.20. The number of hydrogen-bond donors (Lipinski definition) is 1. The molecule has 1 amide bonds. The van der Waals surface area contributed by atoms with E-state index in [4.69, 9.17) is 9.84 Å². The molecule has 4 nitrogen and oxygen atoms in total. The predicted molar refractivity (Wildman–Crippen MR) is 30.4 cm³/mol. The summed E-state index contributed by atoms with van der Waals surface area (Å²) in [6.07, 6.45) is -0.739. The Labute approximate surface area is 53.0 Å². The van der Waals surface area contributed by atoms with Gasteiger partial charge in [-0.3, -0.25) is 0 Å². The highest BCUT2D eigenvalue weighted by Gasteiger charge is 2.25.